The molecule has 23 heavy (non-hydrogen) atoms. The fraction of sp³-hybridized carbons (Fsp3) is 1.00. The van der Waals surface area contributed by atoms with Crippen LogP contribution in [-0.2, 0) is 0 Å². The van der Waals surface area contributed by atoms with Gasteiger partial charge >= 0.3 is 37.7 Å². The van der Waals surface area contributed by atoms with Gasteiger partial charge in [-0.15, -0.1) is 0 Å². The molecule has 132 valence electrons. The molecule has 0 aliphatic carbocycles. The minimum absolute atomic E-state index is 0. The van der Waals surface area contributed by atoms with Gasteiger partial charge in [-0.05, 0) is 83.1 Å². The van der Waals surface area contributed by atoms with E-state index in [0.29, 0.717) is 0 Å². The minimum Gasteiger partial charge on any atom is -0.287 e. The average Bonchev–Trinajstić information content (AvgIpc) is 2.08. The van der Waals surface area contributed by atoms with Crippen LogP contribution in [0.5, 0.6) is 0 Å². The molecule has 0 aliphatic rings. The summed E-state index contributed by atoms with van der Waals surface area (Å²) in [6.07, 6.45) is 0. The summed E-state index contributed by atoms with van der Waals surface area (Å²) >= 11 is 0. The largest absolute Gasteiger partial charge is 2.00 e. The Morgan fingerprint density at radius 2 is 0.739 bits per heavy atom. The Morgan fingerprint density at radius 3 is 0.870 bits per heavy atom. The minimum atomic E-state index is -0.0851. The first kappa shape index (κ1) is 27.9. The van der Waals surface area contributed by atoms with Gasteiger partial charge in [0.05, 0.1) is 11.1 Å². The molecule has 7 heteroatoms. The molecule has 6 nitrogen and oxygen atoms in total. The predicted molar refractivity (Wildman–Crippen MR) is 98.3 cm³/mol. The van der Waals surface area contributed by atoms with E-state index in [1.54, 1.807) is 0 Å². The van der Waals surface area contributed by atoms with Crippen LogP contribution in [0.15, 0.2) is 10.4 Å². The molecule has 0 aromatic carbocycles. The molecule has 0 amide bonds. The number of hydrogen-bond acceptors (Lipinski definition) is 2. The molecule has 0 atom stereocenters. The first-order chi connectivity index (χ1) is 9.41. The van der Waals surface area contributed by atoms with E-state index >= 15 is 0 Å². The smallest absolute Gasteiger partial charge is 0.287 e. The normalized spacial score (nSPS) is 13.4. The van der Waals surface area contributed by atoms with Crippen LogP contribution >= 0.6 is 0 Å². The van der Waals surface area contributed by atoms with E-state index in [0.717, 1.165) is 0 Å². The third kappa shape index (κ3) is 34.4. The molecular weight excluding hydrogens is 316 g/mol. The van der Waals surface area contributed by atoms with Gasteiger partial charge in [-0.1, -0.05) is 10.4 Å². The van der Waals surface area contributed by atoms with E-state index in [9.17, 15) is 0 Å². The number of nitrogens with zero attached hydrogens (tertiary/aromatic N) is 4. The van der Waals surface area contributed by atoms with Crippen LogP contribution in [0.25, 0.3) is 10.9 Å². The molecule has 0 saturated heterocycles. The van der Waals surface area contributed by atoms with Gasteiger partial charge in [0.1, 0.15) is 0 Å². The van der Waals surface area contributed by atoms with Gasteiger partial charge in [0.2, 0.25) is 0 Å². The summed E-state index contributed by atoms with van der Waals surface area (Å²) in [6, 6.07) is 0. The van der Waals surface area contributed by atoms with Crippen molar-refractivity contribution in [2.75, 3.05) is 0 Å². The zero-order valence-corrected chi connectivity index (χ0v) is 19.7. The Balaban J connectivity index is -0.000000333. The van der Waals surface area contributed by atoms with Gasteiger partial charge in [-0.2, -0.15) is 10.9 Å². The van der Waals surface area contributed by atoms with Crippen molar-refractivity contribution in [3.8, 4) is 0 Å². The van der Waals surface area contributed by atoms with Crippen molar-refractivity contribution in [2.45, 2.75) is 105 Å². The van der Waals surface area contributed by atoms with E-state index < -0.39 is 0 Å². The second-order valence-electron chi connectivity index (χ2n) is 9.47. The summed E-state index contributed by atoms with van der Waals surface area (Å²) in [5.74, 6) is 0. The van der Waals surface area contributed by atoms with Crippen LogP contribution in [0.3, 0.4) is 0 Å². The monoisotopic (exact) mass is 354 g/mol. The van der Waals surface area contributed by atoms with Gasteiger partial charge < -0.3 is 0 Å². The van der Waals surface area contributed by atoms with Crippen LogP contribution in [0, 0.1) is 0 Å². The second kappa shape index (κ2) is 10.8. The Bertz CT molecular complexity index is 315. The van der Waals surface area contributed by atoms with Gasteiger partial charge in [0, 0.05) is 11.1 Å². The molecule has 2 N–H and O–H groups in total. The van der Waals surface area contributed by atoms with E-state index in [1.807, 2.05) is 41.5 Å². The Morgan fingerprint density at radius 1 is 0.522 bits per heavy atom. The van der Waals surface area contributed by atoms with Crippen molar-refractivity contribution in [3.63, 3.8) is 0 Å². The van der Waals surface area contributed by atoms with Gasteiger partial charge in [-0.25, -0.2) is 0 Å². The molecule has 0 radical (unpaired) electrons. The summed E-state index contributed by atoms with van der Waals surface area (Å²) in [7, 11) is 0. The van der Waals surface area contributed by atoms with Crippen molar-refractivity contribution >= 4 is 37.7 Å². The zero-order chi connectivity index (χ0) is 18.2. The zero-order valence-electron chi connectivity index (χ0n) is 17.5. The van der Waals surface area contributed by atoms with E-state index in [-0.39, 0.29) is 59.9 Å². The SMILES string of the molecule is CC(C)(C)[N-]N=[NH+]C(C)(C)C.CC(C)(C)[N-]N=[NH+]C(C)(C)C.[Ca+2]. The molecule has 0 aromatic heterocycles. The average molecular weight is 355 g/mol. The van der Waals surface area contributed by atoms with Crippen molar-refractivity contribution in [3.05, 3.63) is 10.9 Å². The summed E-state index contributed by atoms with van der Waals surface area (Å²) in [5, 5.41) is 13.7. The molecule has 0 unspecified atom stereocenters. The first-order valence-corrected chi connectivity index (χ1v) is 7.79. The number of hydrogen-bond donors (Lipinski definition) is 2. The quantitative estimate of drug-likeness (QED) is 0.434. The summed E-state index contributed by atoms with van der Waals surface area (Å²) < 4.78 is 0. The second-order valence-corrected chi connectivity index (χ2v) is 9.47. The molecule has 0 saturated carbocycles. The van der Waals surface area contributed by atoms with Crippen molar-refractivity contribution in [1.82, 2.24) is 0 Å². The molecule has 0 fully saturated rings. The molecule has 0 bridgehead atoms. The van der Waals surface area contributed by atoms with Gasteiger partial charge in [0.15, 0.2) is 0 Å². The third-order valence-electron chi connectivity index (χ3n) is 1.47. The maximum atomic E-state index is 4.06. The topological polar surface area (TPSA) is 80.9 Å². The van der Waals surface area contributed by atoms with Crippen molar-refractivity contribution in [2.24, 2.45) is 10.4 Å². The molecule has 0 spiro atoms. The molecule has 0 aromatic rings. The van der Waals surface area contributed by atoms with Crippen molar-refractivity contribution < 1.29 is 10.2 Å². The molecule has 0 rings (SSSR count). The fourth-order valence-electron chi connectivity index (χ4n) is 0.650. The Labute approximate surface area is 173 Å². The predicted octanol–water partition coefficient (Wildman–Crippen LogP) is 2.43. The van der Waals surface area contributed by atoms with Gasteiger partial charge in [-0.3, -0.25) is 10.2 Å². The van der Waals surface area contributed by atoms with Crippen LogP contribution < -0.4 is 10.2 Å². The maximum absolute atomic E-state index is 4.06. The molecular formula is C16H38CaN6+2. The Kier molecular flexibility index (Phi) is 13.1. The van der Waals surface area contributed by atoms with Gasteiger partial charge in [0.25, 0.3) is 0 Å². The first-order valence-electron chi connectivity index (χ1n) is 7.79. The maximum Gasteiger partial charge on any atom is 2.00 e. The van der Waals surface area contributed by atoms with Crippen LogP contribution in [0.1, 0.15) is 83.1 Å². The third-order valence-corrected chi connectivity index (χ3v) is 1.47. The standard InChI is InChI=1S/2C8H18N3.Ca/c2*1-7(2,3)9-11-10-8(4,5)6;/h2*1-6H3;/q2*-1;+2/p+2. The number of nitrogens with one attached hydrogen (secondary N) is 2. The molecule has 0 aliphatic heterocycles. The van der Waals surface area contributed by atoms with Crippen LogP contribution in [0.4, 0.5) is 0 Å². The van der Waals surface area contributed by atoms with E-state index in [1.165, 1.54) is 0 Å². The van der Waals surface area contributed by atoms with Crippen molar-refractivity contribution in [1.29, 1.82) is 0 Å². The van der Waals surface area contributed by atoms with E-state index in [2.05, 4.69) is 73.1 Å². The number of rotatable bonds is 2. The summed E-state index contributed by atoms with van der Waals surface area (Å²) in [6.45, 7) is 24.4. The Hall–Kier alpha value is 0.0597. The van der Waals surface area contributed by atoms with Crippen LogP contribution in [0.2, 0.25) is 0 Å². The van der Waals surface area contributed by atoms with Crippen LogP contribution in [-0.4, -0.2) is 59.9 Å². The van der Waals surface area contributed by atoms with E-state index in [4.69, 9.17) is 0 Å². The molecule has 0 heterocycles. The fourth-order valence-corrected chi connectivity index (χ4v) is 0.650. The summed E-state index contributed by atoms with van der Waals surface area (Å²) in [5.41, 5.74) is 7.96. The summed E-state index contributed by atoms with van der Waals surface area (Å²) in [4.78, 5) is 0.